The Morgan fingerprint density at radius 2 is 2.27 bits per heavy atom. The van der Waals surface area contributed by atoms with E-state index < -0.39 is 0 Å². The third-order valence-electron chi connectivity index (χ3n) is 3.51. The van der Waals surface area contributed by atoms with E-state index in [0.717, 1.165) is 25.7 Å². The molecule has 1 atom stereocenters. The minimum atomic E-state index is 0.387. The van der Waals surface area contributed by atoms with Crippen molar-refractivity contribution in [1.29, 1.82) is 0 Å². The van der Waals surface area contributed by atoms with Gasteiger partial charge in [0.05, 0.1) is 6.61 Å². The first-order valence-electron chi connectivity index (χ1n) is 4.65. The Hall–Kier alpha value is -0.0800. The summed E-state index contributed by atoms with van der Waals surface area (Å²) in [5.41, 5.74) is 6.19. The number of hydrogen-bond donors (Lipinski definition) is 1. The Morgan fingerprint density at radius 3 is 2.64 bits per heavy atom. The fourth-order valence-corrected chi connectivity index (χ4v) is 2.29. The highest BCUT2D eigenvalue weighted by Crippen LogP contribution is 2.46. The molecule has 1 saturated carbocycles. The first-order chi connectivity index (χ1) is 5.37. The van der Waals surface area contributed by atoms with Crippen LogP contribution in [0.1, 0.15) is 25.7 Å². The molecule has 1 aliphatic carbocycles. The van der Waals surface area contributed by atoms with Crippen LogP contribution in [0.3, 0.4) is 0 Å². The number of nitrogens with two attached hydrogens (primary N) is 1. The summed E-state index contributed by atoms with van der Waals surface area (Å²) in [6.45, 7) is 2.69. The van der Waals surface area contributed by atoms with Crippen LogP contribution in [0.2, 0.25) is 0 Å². The van der Waals surface area contributed by atoms with E-state index in [-0.39, 0.29) is 0 Å². The van der Waals surface area contributed by atoms with Crippen LogP contribution in [0, 0.1) is 11.3 Å². The highest BCUT2D eigenvalue weighted by molar-refractivity contribution is 4.93. The summed E-state index contributed by atoms with van der Waals surface area (Å²) in [5, 5.41) is 0. The average Bonchev–Trinajstić information content (AvgIpc) is 2.34. The van der Waals surface area contributed by atoms with Crippen molar-refractivity contribution in [3.05, 3.63) is 0 Å². The fourth-order valence-electron chi connectivity index (χ4n) is 2.29. The van der Waals surface area contributed by atoms with Crippen LogP contribution in [-0.2, 0) is 4.74 Å². The third-order valence-corrected chi connectivity index (χ3v) is 3.51. The van der Waals surface area contributed by atoms with Crippen LogP contribution in [0.5, 0.6) is 0 Å². The van der Waals surface area contributed by atoms with Gasteiger partial charge in [0, 0.05) is 18.6 Å². The summed E-state index contributed by atoms with van der Waals surface area (Å²) >= 11 is 0. The smallest absolute Gasteiger partial charge is 0.0538 e. The molecule has 0 radical (unpaired) electrons. The Bertz CT molecular complexity index is 136. The molecule has 2 heteroatoms. The first kappa shape index (κ1) is 7.56. The van der Waals surface area contributed by atoms with E-state index in [0.29, 0.717) is 5.41 Å². The van der Waals surface area contributed by atoms with Crippen molar-refractivity contribution >= 4 is 0 Å². The molecule has 2 N–H and O–H groups in total. The molecule has 1 saturated heterocycles. The standard InChI is InChI=1S/C9H17NO/c10-6-9(4-5-11-7-9)8-2-1-3-8/h8H,1-7,10H2. The van der Waals surface area contributed by atoms with Crippen molar-refractivity contribution < 1.29 is 4.74 Å². The van der Waals surface area contributed by atoms with E-state index >= 15 is 0 Å². The van der Waals surface area contributed by atoms with E-state index in [1.807, 2.05) is 0 Å². The molecule has 0 spiro atoms. The van der Waals surface area contributed by atoms with E-state index in [1.165, 1.54) is 25.7 Å². The molecule has 0 aromatic heterocycles. The lowest BCUT2D eigenvalue weighted by molar-refractivity contribution is 0.0671. The predicted molar refractivity (Wildman–Crippen MR) is 44.3 cm³/mol. The van der Waals surface area contributed by atoms with E-state index in [1.54, 1.807) is 0 Å². The molecule has 0 aromatic rings. The van der Waals surface area contributed by atoms with Gasteiger partial charge in [0.15, 0.2) is 0 Å². The Morgan fingerprint density at radius 1 is 1.45 bits per heavy atom. The van der Waals surface area contributed by atoms with E-state index in [4.69, 9.17) is 10.5 Å². The molecule has 1 heterocycles. The molecule has 2 nitrogen and oxygen atoms in total. The minimum absolute atomic E-state index is 0.387. The summed E-state index contributed by atoms with van der Waals surface area (Å²) in [7, 11) is 0. The van der Waals surface area contributed by atoms with Gasteiger partial charge in [0.1, 0.15) is 0 Å². The van der Waals surface area contributed by atoms with Gasteiger partial charge in [0.25, 0.3) is 0 Å². The van der Waals surface area contributed by atoms with Gasteiger partial charge in [-0.25, -0.2) is 0 Å². The van der Waals surface area contributed by atoms with Gasteiger partial charge in [-0.2, -0.15) is 0 Å². The SMILES string of the molecule is NCC1(C2CCC2)CCOC1. The van der Waals surface area contributed by atoms with E-state index in [2.05, 4.69) is 0 Å². The average molecular weight is 155 g/mol. The highest BCUT2D eigenvalue weighted by Gasteiger charge is 2.43. The van der Waals surface area contributed by atoms with Crippen LogP contribution >= 0.6 is 0 Å². The topological polar surface area (TPSA) is 35.2 Å². The monoisotopic (exact) mass is 155 g/mol. The second kappa shape index (κ2) is 2.76. The second-order valence-electron chi connectivity index (χ2n) is 4.00. The lowest BCUT2D eigenvalue weighted by Gasteiger charge is -2.41. The van der Waals surface area contributed by atoms with Crippen LogP contribution in [-0.4, -0.2) is 19.8 Å². The molecule has 0 amide bonds. The van der Waals surface area contributed by atoms with Gasteiger partial charge in [-0.1, -0.05) is 6.42 Å². The molecule has 0 bridgehead atoms. The van der Waals surface area contributed by atoms with Crippen molar-refractivity contribution in [2.24, 2.45) is 17.1 Å². The second-order valence-corrected chi connectivity index (χ2v) is 4.00. The molecule has 1 aliphatic heterocycles. The van der Waals surface area contributed by atoms with Crippen molar-refractivity contribution in [3.8, 4) is 0 Å². The van der Waals surface area contributed by atoms with Crippen LogP contribution in [0.25, 0.3) is 0 Å². The number of rotatable bonds is 2. The van der Waals surface area contributed by atoms with Gasteiger partial charge in [-0.15, -0.1) is 0 Å². The molecule has 1 unspecified atom stereocenters. The lowest BCUT2D eigenvalue weighted by Crippen LogP contribution is -2.41. The first-order valence-corrected chi connectivity index (χ1v) is 4.65. The Kier molecular flexibility index (Phi) is 1.90. The molecular formula is C9H17NO. The molecule has 64 valence electrons. The van der Waals surface area contributed by atoms with Crippen molar-refractivity contribution in [2.75, 3.05) is 19.8 Å². The summed E-state index contributed by atoms with van der Waals surface area (Å²) in [6.07, 6.45) is 5.39. The van der Waals surface area contributed by atoms with Crippen LogP contribution in [0.15, 0.2) is 0 Å². The van der Waals surface area contributed by atoms with Crippen LogP contribution in [0.4, 0.5) is 0 Å². The normalized spacial score (nSPS) is 39.0. The third kappa shape index (κ3) is 1.09. The Labute approximate surface area is 68.1 Å². The number of ether oxygens (including phenoxy) is 1. The van der Waals surface area contributed by atoms with Gasteiger partial charge >= 0.3 is 0 Å². The Balaban J connectivity index is 2.02. The van der Waals surface area contributed by atoms with Crippen LogP contribution < -0.4 is 5.73 Å². The quantitative estimate of drug-likeness (QED) is 0.649. The molecule has 11 heavy (non-hydrogen) atoms. The van der Waals surface area contributed by atoms with Gasteiger partial charge in [-0.3, -0.25) is 0 Å². The van der Waals surface area contributed by atoms with Crippen molar-refractivity contribution in [1.82, 2.24) is 0 Å². The summed E-state index contributed by atoms with van der Waals surface area (Å²) in [6, 6.07) is 0. The molecule has 2 fully saturated rings. The lowest BCUT2D eigenvalue weighted by atomic mass is 9.65. The minimum Gasteiger partial charge on any atom is -0.381 e. The van der Waals surface area contributed by atoms with Crippen molar-refractivity contribution in [2.45, 2.75) is 25.7 Å². The largest absolute Gasteiger partial charge is 0.381 e. The fraction of sp³-hybridized carbons (Fsp3) is 1.00. The molecule has 0 aromatic carbocycles. The summed E-state index contributed by atoms with van der Waals surface area (Å²) in [4.78, 5) is 0. The molecular weight excluding hydrogens is 138 g/mol. The number of hydrogen-bond acceptors (Lipinski definition) is 2. The zero-order valence-corrected chi connectivity index (χ0v) is 7.01. The zero-order chi connectivity index (χ0) is 7.73. The van der Waals surface area contributed by atoms with Gasteiger partial charge < -0.3 is 10.5 Å². The van der Waals surface area contributed by atoms with Gasteiger partial charge in [-0.05, 0) is 25.2 Å². The van der Waals surface area contributed by atoms with Crippen molar-refractivity contribution in [3.63, 3.8) is 0 Å². The van der Waals surface area contributed by atoms with Gasteiger partial charge in [0.2, 0.25) is 0 Å². The molecule has 2 rings (SSSR count). The highest BCUT2D eigenvalue weighted by atomic mass is 16.5. The maximum absolute atomic E-state index is 5.80. The predicted octanol–water partition coefficient (Wildman–Crippen LogP) is 1.15. The molecule has 2 aliphatic rings. The summed E-state index contributed by atoms with van der Waals surface area (Å²) < 4.78 is 5.43. The zero-order valence-electron chi connectivity index (χ0n) is 7.01. The van der Waals surface area contributed by atoms with E-state index in [9.17, 15) is 0 Å². The summed E-state index contributed by atoms with van der Waals surface area (Å²) in [5.74, 6) is 0.884. The maximum Gasteiger partial charge on any atom is 0.0538 e. The maximum atomic E-state index is 5.80.